The van der Waals surface area contributed by atoms with Gasteiger partial charge in [-0.05, 0) is 68.0 Å². The van der Waals surface area contributed by atoms with Crippen LogP contribution in [0.2, 0.25) is 5.02 Å². The summed E-state index contributed by atoms with van der Waals surface area (Å²) in [6, 6.07) is 8.87. The van der Waals surface area contributed by atoms with E-state index in [1.54, 1.807) is 0 Å². The molecule has 1 aromatic rings. The van der Waals surface area contributed by atoms with Crippen LogP contribution in [-0.4, -0.2) is 12.6 Å². The van der Waals surface area contributed by atoms with Crippen LogP contribution in [0.4, 0.5) is 0 Å². The van der Waals surface area contributed by atoms with Crippen LogP contribution in [0.5, 0.6) is 0 Å². The van der Waals surface area contributed by atoms with Crippen molar-refractivity contribution < 1.29 is 0 Å². The van der Waals surface area contributed by atoms with Crippen molar-refractivity contribution in [1.29, 1.82) is 0 Å². The number of hydrogen-bond donors (Lipinski definition) is 1. The minimum atomic E-state index is 0.572. The third kappa shape index (κ3) is 4.72. The third-order valence-electron chi connectivity index (χ3n) is 5.19. The Morgan fingerprint density at radius 1 is 1.10 bits per heavy atom. The maximum atomic E-state index is 6.34. The highest BCUT2D eigenvalue weighted by Crippen LogP contribution is 2.35. The summed E-state index contributed by atoms with van der Waals surface area (Å²) in [5, 5.41) is 4.63. The number of halogens is 1. The molecule has 2 heteroatoms. The zero-order valence-electron chi connectivity index (χ0n) is 13.7. The Hall–Kier alpha value is -0.530. The molecule has 1 saturated carbocycles. The van der Waals surface area contributed by atoms with Crippen molar-refractivity contribution in [2.75, 3.05) is 6.54 Å². The molecular weight excluding hydrogens is 278 g/mol. The number of rotatable bonds is 6. The molecule has 1 aliphatic carbocycles. The van der Waals surface area contributed by atoms with E-state index in [2.05, 4.69) is 38.2 Å². The predicted octanol–water partition coefficient (Wildman–Crippen LogP) is 5.32. The summed E-state index contributed by atoms with van der Waals surface area (Å²) in [6.45, 7) is 7.99. The number of hydrogen-bond acceptors (Lipinski definition) is 1. The van der Waals surface area contributed by atoms with E-state index in [1.165, 1.54) is 31.2 Å². The van der Waals surface area contributed by atoms with Crippen LogP contribution >= 0.6 is 11.6 Å². The third-order valence-corrected chi connectivity index (χ3v) is 5.56. The van der Waals surface area contributed by atoms with Gasteiger partial charge in [0.25, 0.3) is 0 Å². The first-order valence-corrected chi connectivity index (χ1v) is 8.96. The molecular formula is C19H30ClN. The first kappa shape index (κ1) is 16.8. The maximum Gasteiger partial charge on any atom is 0.0438 e. The molecule has 118 valence electrons. The van der Waals surface area contributed by atoms with Crippen LogP contribution in [-0.2, 0) is 6.42 Å². The highest BCUT2D eigenvalue weighted by molar-refractivity contribution is 6.31. The van der Waals surface area contributed by atoms with Crippen LogP contribution in [0.25, 0.3) is 0 Å². The molecule has 0 spiro atoms. The topological polar surface area (TPSA) is 12.0 Å². The van der Waals surface area contributed by atoms with Gasteiger partial charge in [-0.25, -0.2) is 0 Å². The van der Waals surface area contributed by atoms with Crippen molar-refractivity contribution in [3.63, 3.8) is 0 Å². The standard InChI is InChI=1S/C19H30ClN/c1-4-21-19(13-17-7-5-6-8-18(17)20)16-11-9-15(10-12-16)14(2)3/h5-8,14-16,19,21H,4,9-13H2,1-3H3. The largest absolute Gasteiger partial charge is 0.314 e. The molecule has 0 saturated heterocycles. The van der Waals surface area contributed by atoms with Crippen LogP contribution in [0.3, 0.4) is 0 Å². The minimum absolute atomic E-state index is 0.572. The Labute approximate surface area is 135 Å². The first-order valence-electron chi connectivity index (χ1n) is 8.58. The van der Waals surface area contributed by atoms with E-state index < -0.39 is 0 Å². The molecule has 0 bridgehead atoms. The summed E-state index contributed by atoms with van der Waals surface area (Å²) in [7, 11) is 0. The molecule has 1 aromatic carbocycles. The van der Waals surface area contributed by atoms with Gasteiger partial charge in [0.05, 0.1) is 0 Å². The molecule has 1 unspecified atom stereocenters. The monoisotopic (exact) mass is 307 g/mol. The van der Waals surface area contributed by atoms with Gasteiger partial charge in [-0.3, -0.25) is 0 Å². The lowest BCUT2D eigenvalue weighted by Gasteiger charge is -2.36. The van der Waals surface area contributed by atoms with E-state index in [9.17, 15) is 0 Å². The molecule has 1 N–H and O–H groups in total. The Balaban J connectivity index is 1.98. The number of nitrogens with one attached hydrogen (secondary N) is 1. The van der Waals surface area contributed by atoms with Crippen molar-refractivity contribution in [3.05, 3.63) is 34.9 Å². The average Bonchev–Trinajstić information content (AvgIpc) is 2.49. The van der Waals surface area contributed by atoms with Crippen LogP contribution < -0.4 is 5.32 Å². The summed E-state index contributed by atoms with van der Waals surface area (Å²) >= 11 is 6.34. The highest BCUT2D eigenvalue weighted by Gasteiger charge is 2.28. The zero-order valence-corrected chi connectivity index (χ0v) is 14.5. The van der Waals surface area contributed by atoms with Gasteiger partial charge in [-0.2, -0.15) is 0 Å². The molecule has 0 amide bonds. The number of benzene rings is 1. The van der Waals surface area contributed by atoms with Crippen LogP contribution in [0, 0.1) is 17.8 Å². The average molecular weight is 308 g/mol. The second-order valence-corrected chi connectivity index (χ2v) is 7.29. The fraction of sp³-hybridized carbons (Fsp3) is 0.684. The van der Waals surface area contributed by atoms with E-state index in [4.69, 9.17) is 11.6 Å². The molecule has 1 aliphatic rings. The second-order valence-electron chi connectivity index (χ2n) is 6.88. The molecule has 2 rings (SSSR count). The van der Waals surface area contributed by atoms with E-state index in [1.807, 2.05) is 12.1 Å². The lowest BCUT2D eigenvalue weighted by molar-refractivity contribution is 0.188. The number of likely N-dealkylation sites (N-methyl/N-ethyl adjacent to an activating group) is 1. The molecule has 0 aliphatic heterocycles. The highest BCUT2D eigenvalue weighted by atomic mass is 35.5. The molecule has 1 atom stereocenters. The summed E-state index contributed by atoms with van der Waals surface area (Å²) in [5.41, 5.74) is 1.29. The smallest absolute Gasteiger partial charge is 0.0438 e. The normalized spacial score (nSPS) is 24.2. The van der Waals surface area contributed by atoms with Crippen LogP contribution in [0.1, 0.15) is 52.0 Å². The lowest BCUT2D eigenvalue weighted by atomic mass is 9.73. The van der Waals surface area contributed by atoms with Gasteiger partial charge in [0.2, 0.25) is 0 Å². The fourth-order valence-corrected chi connectivity index (χ4v) is 4.00. The minimum Gasteiger partial charge on any atom is -0.314 e. The van der Waals surface area contributed by atoms with Gasteiger partial charge in [0.1, 0.15) is 0 Å². The fourth-order valence-electron chi connectivity index (χ4n) is 3.78. The van der Waals surface area contributed by atoms with Crippen molar-refractivity contribution in [2.24, 2.45) is 17.8 Å². The van der Waals surface area contributed by atoms with Gasteiger partial charge in [-0.15, -0.1) is 0 Å². The molecule has 0 heterocycles. The van der Waals surface area contributed by atoms with Crippen molar-refractivity contribution in [1.82, 2.24) is 5.32 Å². The van der Waals surface area contributed by atoms with Gasteiger partial charge in [0.15, 0.2) is 0 Å². The van der Waals surface area contributed by atoms with Crippen LogP contribution in [0.15, 0.2) is 24.3 Å². The summed E-state index contributed by atoms with van der Waals surface area (Å²) in [4.78, 5) is 0. The van der Waals surface area contributed by atoms with Gasteiger partial charge in [0, 0.05) is 11.1 Å². The van der Waals surface area contributed by atoms with E-state index >= 15 is 0 Å². The predicted molar refractivity (Wildman–Crippen MR) is 92.9 cm³/mol. The van der Waals surface area contributed by atoms with Crippen molar-refractivity contribution >= 4 is 11.6 Å². The lowest BCUT2D eigenvalue weighted by Crippen LogP contribution is -2.40. The molecule has 1 fully saturated rings. The van der Waals surface area contributed by atoms with E-state index in [0.717, 1.165) is 35.7 Å². The Bertz CT molecular complexity index is 421. The summed E-state index contributed by atoms with van der Waals surface area (Å²) in [6.07, 6.45) is 6.58. The Kier molecular flexibility index (Phi) is 6.57. The quantitative estimate of drug-likeness (QED) is 0.749. The van der Waals surface area contributed by atoms with Gasteiger partial charge >= 0.3 is 0 Å². The Morgan fingerprint density at radius 3 is 2.29 bits per heavy atom. The van der Waals surface area contributed by atoms with Gasteiger partial charge in [-0.1, -0.05) is 50.6 Å². The second kappa shape index (κ2) is 8.19. The molecule has 1 nitrogen and oxygen atoms in total. The zero-order chi connectivity index (χ0) is 15.2. The summed E-state index contributed by atoms with van der Waals surface area (Å²) in [5.74, 6) is 2.58. The van der Waals surface area contributed by atoms with E-state index in [0.29, 0.717) is 6.04 Å². The SMILES string of the molecule is CCNC(Cc1ccccc1Cl)C1CCC(C(C)C)CC1. The maximum absolute atomic E-state index is 6.34. The Morgan fingerprint density at radius 2 is 1.71 bits per heavy atom. The molecule has 0 aromatic heterocycles. The van der Waals surface area contributed by atoms with Crippen molar-refractivity contribution in [2.45, 2.75) is 58.9 Å². The molecule has 21 heavy (non-hydrogen) atoms. The van der Waals surface area contributed by atoms with E-state index in [-0.39, 0.29) is 0 Å². The van der Waals surface area contributed by atoms with Crippen molar-refractivity contribution in [3.8, 4) is 0 Å². The first-order chi connectivity index (χ1) is 10.1. The summed E-state index contributed by atoms with van der Waals surface area (Å²) < 4.78 is 0. The van der Waals surface area contributed by atoms with Gasteiger partial charge < -0.3 is 5.32 Å². The molecule has 0 radical (unpaired) electrons.